The van der Waals surface area contributed by atoms with Crippen molar-refractivity contribution in [2.75, 3.05) is 39.6 Å². The van der Waals surface area contributed by atoms with Crippen molar-refractivity contribution in [2.45, 2.75) is 25.7 Å². The average molecular weight is 660 g/mol. The number of esters is 5. The van der Waals surface area contributed by atoms with Gasteiger partial charge in [-0.05, 0) is 61.7 Å². The summed E-state index contributed by atoms with van der Waals surface area (Å²) in [6.45, 7) is -0.513. The number of benzene rings is 3. The largest absolute Gasteiger partial charge is 0.464 e. The van der Waals surface area contributed by atoms with Gasteiger partial charge in [-0.15, -0.1) is 0 Å². The molecule has 2 atom stereocenters. The Kier molecular flexibility index (Phi) is 13.7. The normalized spacial score (nSPS) is 15.3. The molecule has 0 aliphatic heterocycles. The van der Waals surface area contributed by atoms with Crippen molar-refractivity contribution >= 4 is 35.8 Å². The van der Waals surface area contributed by atoms with Crippen LogP contribution in [0.5, 0.6) is 0 Å². The molecule has 0 radical (unpaired) electrons. The zero-order valence-corrected chi connectivity index (χ0v) is 26.3. The number of amides is 1. The van der Waals surface area contributed by atoms with Gasteiger partial charge in [0.05, 0.1) is 35.1 Å². The van der Waals surface area contributed by atoms with Crippen LogP contribution < -0.4 is 5.32 Å². The first-order valence-electron chi connectivity index (χ1n) is 15.6. The Morgan fingerprint density at radius 1 is 0.521 bits per heavy atom. The second-order valence-corrected chi connectivity index (χ2v) is 10.9. The van der Waals surface area contributed by atoms with E-state index in [4.69, 9.17) is 23.7 Å². The Bertz CT molecular complexity index is 1560. The van der Waals surface area contributed by atoms with Crippen LogP contribution in [0.25, 0.3) is 0 Å². The van der Waals surface area contributed by atoms with Crippen LogP contribution in [0.2, 0.25) is 0 Å². The maximum absolute atomic E-state index is 12.6. The molecule has 0 saturated heterocycles. The lowest BCUT2D eigenvalue weighted by Crippen LogP contribution is -2.32. The van der Waals surface area contributed by atoms with E-state index < -0.39 is 41.7 Å². The minimum absolute atomic E-state index is 0.0186. The van der Waals surface area contributed by atoms with Crippen molar-refractivity contribution in [3.05, 3.63) is 107 Å². The van der Waals surface area contributed by atoms with E-state index in [-0.39, 0.29) is 63.0 Å². The first kappa shape index (κ1) is 35.3. The number of nitrogens with one attached hydrogen (secondary N) is 1. The van der Waals surface area contributed by atoms with Crippen molar-refractivity contribution in [3.8, 4) is 0 Å². The number of carbonyl (C=O) groups excluding carboxylic acids is 6. The van der Waals surface area contributed by atoms with Crippen molar-refractivity contribution in [2.24, 2.45) is 11.8 Å². The van der Waals surface area contributed by atoms with Crippen LogP contribution in [0.4, 0.5) is 0 Å². The molecule has 1 amide bonds. The molecule has 252 valence electrons. The molecule has 0 aromatic heterocycles. The van der Waals surface area contributed by atoms with Gasteiger partial charge in [0.25, 0.3) is 5.91 Å². The number of carbonyl (C=O) groups is 6. The first-order chi connectivity index (χ1) is 23.3. The summed E-state index contributed by atoms with van der Waals surface area (Å²) >= 11 is 0. The van der Waals surface area contributed by atoms with Crippen LogP contribution in [0.3, 0.4) is 0 Å². The standard InChI is InChI=1S/C36H37NO11/c38-31(25-9-3-1-4-10-25)37-17-18-44-33(40)27-13-7-14-28(23-27)34(41)47-21-22-48-36(43)30-16-8-15-29(24-30)35(42)46-20-19-45-32(39)26-11-5-2-6-12-26/h1-6,8-12,15-16,24,27-28H,7,13-14,17-23H2,(H,37,38). The molecule has 2 unspecified atom stereocenters. The summed E-state index contributed by atoms with van der Waals surface area (Å²) < 4.78 is 26.0. The second-order valence-electron chi connectivity index (χ2n) is 10.9. The van der Waals surface area contributed by atoms with E-state index in [0.29, 0.717) is 30.4 Å². The van der Waals surface area contributed by atoms with Crippen molar-refractivity contribution in [1.82, 2.24) is 5.32 Å². The molecule has 12 nitrogen and oxygen atoms in total. The van der Waals surface area contributed by atoms with Gasteiger partial charge in [-0.1, -0.05) is 48.9 Å². The highest BCUT2D eigenvalue weighted by Gasteiger charge is 2.33. The van der Waals surface area contributed by atoms with E-state index in [1.807, 2.05) is 6.07 Å². The molecule has 12 heteroatoms. The summed E-state index contributed by atoms with van der Waals surface area (Å²) in [5.74, 6) is -4.09. The summed E-state index contributed by atoms with van der Waals surface area (Å²) in [5, 5.41) is 2.70. The minimum atomic E-state index is -0.724. The highest BCUT2D eigenvalue weighted by atomic mass is 16.6. The van der Waals surface area contributed by atoms with Crippen molar-refractivity contribution in [1.29, 1.82) is 0 Å². The molecular weight excluding hydrogens is 622 g/mol. The van der Waals surface area contributed by atoms with E-state index in [0.717, 1.165) is 0 Å². The van der Waals surface area contributed by atoms with Gasteiger partial charge < -0.3 is 29.0 Å². The Morgan fingerprint density at radius 2 is 0.958 bits per heavy atom. The summed E-state index contributed by atoms with van der Waals surface area (Å²) in [7, 11) is 0. The van der Waals surface area contributed by atoms with Crippen LogP contribution in [0, 0.1) is 11.8 Å². The van der Waals surface area contributed by atoms with Crippen LogP contribution >= 0.6 is 0 Å². The summed E-state index contributed by atoms with van der Waals surface area (Å²) in [5.41, 5.74) is 1.09. The molecule has 1 N–H and O–H groups in total. The molecule has 48 heavy (non-hydrogen) atoms. The Hall–Kier alpha value is -5.52. The number of hydrogen-bond donors (Lipinski definition) is 1. The lowest BCUT2D eigenvalue weighted by molar-refractivity contribution is -0.155. The third-order valence-electron chi connectivity index (χ3n) is 7.46. The molecule has 0 heterocycles. The summed E-state index contributed by atoms with van der Waals surface area (Å²) in [6.07, 6.45) is 2.09. The molecule has 1 saturated carbocycles. The van der Waals surface area contributed by atoms with Gasteiger partial charge in [0.1, 0.15) is 33.0 Å². The predicted octanol–water partition coefficient (Wildman–Crippen LogP) is 4.18. The quantitative estimate of drug-likeness (QED) is 0.142. The number of rotatable bonds is 15. The third-order valence-corrected chi connectivity index (χ3v) is 7.46. The van der Waals surface area contributed by atoms with Gasteiger partial charge >= 0.3 is 29.8 Å². The minimum Gasteiger partial charge on any atom is -0.464 e. The molecular formula is C36H37NO11. The fourth-order valence-corrected chi connectivity index (χ4v) is 5.00. The highest BCUT2D eigenvalue weighted by molar-refractivity contribution is 5.95. The van der Waals surface area contributed by atoms with E-state index in [1.54, 1.807) is 54.6 Å². The molecule has 1 aliphatic rings. The van der Waals surface area contributed by atoms with Gasteiger partial charge in [-0.2, -0.15) is 0 Å². The van der Waals surface area contributed by atoms with Gasteiger partial charge in [-0.3, -0.25) is 14.4 Å². The zero-order valence-electron chi connectivity index (χ0n) is 26.3. The lowest BCUT2D eigenvalue weighted by atomic mass is 9.81. The average Bonchev–Trinajstić information content (AvgIpc) is 3.13. The molecule has 3 aromatic carbocycles. The van der Waals surface area contributed by atoms with Crippen LogP contribution in [0.15, 0.2) is 84.9 Å². The Labute approximate surface area is 277 Å². The zero-order chi connectivity index (χ0) is 34.1. The van der Waals surface area contributed by atoms with E-state index in [9.17, 15) is 28.8 Å². The molecule has 0 bridgehead atoms. The topological polar surface area (TPSA) is 161 Å². The fraction of sp³-hybridized carbons (Fsp3) is 0.333. The Balaban J connectivity index is 1.10. The number of hydrogen-bond acceptors (Lipinski definition) is 11. The van der Waals surface area contributed by atoms with Crippen molar-refractivity contribution < 1.29 is 52.5 Å². The van der Waals surface area contributed by atoms with Crippen LogP contribution in [-0.4, -0.2) is 75.3 Å². The first-order valence-corrected chi connectivity index (χ1v) is 15.6. The van der Waals surface area contributed by atoms with Crippen molar-refractivity contribution in [3.63, 3.8) is 0 Å². The van der Waals surface area contributed by atoms with Gasteiger partial charge in [-0.25, -0.2) is 14.4 Å². The third kappa shape index (κ3) is 11.1. The lowest BCUT2D eigenvalue weighted by Gasteiger charge is -2.26. The van der Waals surface area contributed by atoms with Crippen LogP contribution in [-0.2, 0) is 33.3 Å². The predicted molar refractivity (Wildman–Crippen MR) is 170 cm³/mol. The molecule has 4 rings (SSSR count). The van der Waals surface area contributed by atoms with E-state index in [2.05, 4.69) is 5.32 Å². The highest BCUT2D eigenvalue weighted by Crippen LogP contribution is 2.30. The number of ether oxygens (including phenoxy) is 5. The molecule has 1 aliphatic carbocycles. The second kappa shape index (κ2) is 18.6. The van der Waals surface area contributed by atoms with Gasteiger partial charge in [0.2, 0.25) is 0 Å². The van der Waals surface area contributed by atoms with Gasteiger partial charge in [0, 0.05) is 5.56 Å². The smallest absolute Gasteiger partial charge is 0.338 e. The fourth-order valence-electron chi connectivity index (χ4n) is 5.00. The summed E-state index contributed by atoms with van der Waals surface area (Å²) in [4.78, 5) is 74.2. The molecule has 3 aromatic rings. The van der Waals surface area contributed by atoms with E-state index in [1.165, 1.54) is 24.3 Å². The SMILES string of the molecule is O=C(NCCOC(=O)C1CCCC(C(=O)OCCOC(=O)c2cccc(C(=O)OCCOC(=O)c3ccccc3)c2)C1)c1ccccc1. The summed E-state index contributed by atoms with van der Waals surface area (Å²) in [6, 6.07) is 22.8. The van der Waals surface area contributed by atoms with Crippen LogP contribution in [0.1, 0.15) is 67.1 Å². The monoisotopic (exact) mass is 659 g/mol. The van der Waals surface area contributed by atoms with Gasteiger partial charge in [0.15, 0.2) is 0 Å². The maximum Gasteiger partial charge on any atom is 0.338 e. The maximum atomic E-state index is 12.6. The molecule has 1 fully saturated rings. The molecule has 0 spiro atoms. The van der Waals surface area contributed by atoms with E-state index >= 15 is 0 Å². The Morgan fingerprint density at radius 3 is 1.50 bits per heavy atom.